The smallest absolute Gasteiger partial charge is 0.197 e. The Morgan fingerprint density at radius 2 is 2.15 bits per heavy atom. The lowest BCUT2D eigenvalue weighted by molar-refractivity contribution is 0.677. The molecule has 0 fully saturated rings. The van der Waals surface area contributed by atoms with Crippen LogP contribution in [0, 0.1) is 0 Å². The molecule has 0 radical (unpaired) electrons. The van der Waals surface area contributed by atoms with Gasteiger partial charge in [-0.05, 0) is 46.3 Å². The van der Waals surface area contributed by atoms with E-state index in [-0.39, 0.29) is 0 Å². The number of benzene rings is 1. The molecular weight excluding hydrogens is 340 g/mol. The Bertz CT molecular complexity index is 785. The molecule has 3 aromatic rings. The van der Waals surface area contributed by atoms with Gasteiger partial charge in [0.2, 0.25) is 0 Å². The van der Waals surface area contributed by atoms with Gasteiger partial charge in [-0.2, -0.15) is 0 Å². The van der Waals surface area contributed by atoms with E-state index in [4.69, 9.17) is 5.73 Å². The molecule has 0 bridgehead atoms. The summed E-state index contributed by atoms with van der Waals surface area (Å²) in [6, 6.07) is 9.06. The number of nitrogens with two attached hydrogens (primary N) is 1. The Hall–Kier alpha value is -1.73. The van der Waals surface area contributed by atoms with Crippen LogP contribution in [-0.4, -0.2) is 19.2 Å². The lowest BCUT2D eigenvalue weighted by atomic mass is 10.3. The zero-order valence-electron chi connectivity index (χ0n) is 10.3. The van der Waals surface area contributed by atoms with E-state index in [0.717, 1.165) is 21.2 Å². The van der Waals surface area contributed by atoms with Crippen LogP contribution in [0.4, 0.5) is 5.69 Å². The Labute approximate surface area is 126 Å². The zero-order valence-corrected chi connectivity index (χ0v) is 12.7. The monoisotopic (exact) mass is 350 g/mol. The molecule has 2 aromatic heterocycles. The second-order valence-corrected chi connectivity index (χ2v) is 6.56. The molecule has 1 unspecified atom stereocenters. The first-order valence-electron chi connectivity index (χ1n) is 5.86. The van der Waals surface area contributed by atoms with Gasteiger partial charge in [0.25, 0.3) is 0 Å². The molecule has 3 rings (SSSR count). The van der Waals surface area contributed by atoms with Crippen molar-refractivity contribution in [3.05, 3.63) is 46.7 Å². The number of hydrogen-bond donors (Lipinski definition) is 2. The van der Waals surface area contributed by atoms with Gasteiger partial charge in [-0.1, -0.05) is 0 Å². The van der Waals surface area contributed by atoms with E-state index >= 15 is 0 Å². The first-order chi connectivity index (χ1) is 9.61. The van der Waals surface area contributed by atoms with E-state index in [9.17, 15) is 4.21 Å². The van der Waals surface area contributed by atoms with Crippen LogP contribution >= 0.6 is 15.9 Å². The lowest BCUT2D eigenvalue weighted by Gasteiger charge is -1.98. The maximum Gasteiger partial charge on any atom is 0.197 e. The van der Waals surface area contributed by atoms with Crippen molar-refractivity contribution < 1.29 is 4.21 Å². The maximum atomic E-state index is 12.3. The van der Waals surface area contributed by atoms with Crippen LogP contribution in [0.5, 0.6) is 0 Å². The van der Waals surface area contributed by atoms with Crippen LogP contribution in [0.1, 0.15) is 5.69 Å². The average molecular weight is 351 g/mol. The summed E-state index contributed by atoms with van der Waals surface area (Å²) in [4.78, 5) is 11.6. The van der Waals surface area contributed by atoms with Crippen molar-refractivity contribution in [1.29, 1.82) is 0 Å². The minimum absolute atomic E-state index is 0.322. The number of anilines is 1. The van der Waals surface area contributed by atoms with Crippen LogP contribution in [0.2, 0.25) is 0 Å². The molecule has 0 spiro atoms. The van der Waals surface area contributed by atoms with E-state index in [1.807, 2.05) is 12.1 Å². The van der Waals surface area contributed by atoms with E-state index in [1.54, 1.807) is 24.4 Å². The molecule has 0 aliphatic heterocycles. The van der Waals surface area contributed by atoms with Crippen molar-refractivity contribution in [1.82, 2.24) is 15.0 Å². The quantitative estimate of drug-likeness (QED) is 0.711. The van der Waals surface area contributed by atoms with Crippen molar-refractivity contribution in [2.75, 3.05) is 5.73 Å². The number of aromatic nitrogens is 3. The second-order valence-electron chi connectivity index (χ2n) is 4.28. The van der Waals surface area contributed by atoms with Gasteiger partial charge in [-0.3, -0.25) is 9.19 Å². The first-order valence-corrected chi connectivity index (χ1v) is 7.97. The summed E-state index contributed by atoms with van der Waals surface area (Å²) in [6.07, 6.45) is 1.69. The van der Waals surface area contributed by atoms with Crippen molar-refractivity contribution in [2.45, 2.75) is 10.9 Å². The van der Waals surface area contributed by atoms with Crippen molar-refractivity contribution in [2.24, 2.45) is 0 Å². The number of rotatable bonds is 3. The van der Waals surface area contributed by atoms with Crippen LogP contribution in [0.3, 0.4) is 0 Å². The molecule has 0 aliphatic carbocycles. The van der Waals surface area contributed by atoms with E-state index in [0.29, 0.717) is 16.6 Å². The third kappa shape index (κ3) is 2.73. The summed E-state index contributed by atoms with van der Waals surface area (Å²) in [5.41, 5.74) is 8.66. The Morgan fingerprint density at radius 1 is 1.30 bits per heavy atom. The molecule has 102 valence electrons. The summed E-state index contributed by atoms with van der Waals surface area (Å²) >= 11 is 3.32. The van der Waals surface area contributed by atoms with Crippen LogP contribution < -0.4 is 5.73 Å². The molecule has 3 N–H and O–H groups in total. The highest BCUT2D eigenvalue weighted by atomic mass is 79.9. The summed E-state index contributed by atoms with van der Waals surface area (Å²) in [5, 5.41) is 0.440. The largest absolute Gasteiger partial charge is 0.399 e. The SMILES string of the molecule is Nc1ccc2nc(S(=O)Cc3ccc(Br)cn3)[nH]c2c1. The standard InChI is InChI=1S/C13H11BrN4OS/c14-8-1-3-10(16-6-8)7-20(19)13-17-11-4-2-9(15)5-12(11)18-13/h1-6H,7,15H2,(H,17,18). The normalized spacial score (nSPS) is 12.7. The highest BCUT2D eigenvalue weighted by molar-refractivity contribution is 9.10. The zero-order chi connectivity index (χ0) is 14.1. The lowest BCUT2D eigenvalue weighted by Crippen LogP contribution is -2.00. The topological polar surface area (TPSA) is 84.7 Å². The minimum Gasteiger partial charge on any atom is -0.399 e. The number of nitrogens with one attached hydrogen (secondary N) is 1. The fourth-order valence-electron chi connectivity index (χ4n) is 1.81. The summed E-state index contributed by atoms with van der Waals surface area (Å²) in [5.74, 6) is 0.322. The number of imidazole rings is 1. The van der Waals surface area contributed by atoms with Gasteiger partial charge >= 0.3 is 0 Å². The van der Waals surface area contributed by atoms with E-state index in [2.05, 4.69) is 30.9 Å². The van der Waals surface area contributed by atoms with Gasteiger partial charge in [-0.15, -0.1) is 0 Å². The highest BCUT2D eigenvalue weighted by Crippen LogP contribution is 2.18. The molecule has 1 aromatic carbocycles. The molecule has 5 nitrogen and oxygen atoms in total. The van der Waals surface area contributed by atoms with Gasteiger partial charge in [0.15, 0.2) is 5.16 Å². The van der Waals surface area contributed by atoms with Crippen LogP contribution in [0.25, 0.3) is 11.0 Å². The first kappa shape index (κ1) is 13.3. The average Bonchev–Trinajstić information content (AvgIpc) is 2.84. The molecule has 0 amide bonds. The van der Waals surface area contributed by atoms with Gasteiger partial charge in [0, 0.05) is 16.4 Å². The maximum absolute atomic E-state index is 12.3. The predicted octanol–water partition coefficient (Wildman–Crippen LogP) is 2.61. The van der Waals surface area contributed by atoms with E-state index in [1.165, 1.54) is 0 Å². The summed E-state index contributed by atoms with van der Waals surface area (Å²) in [7, 11) is -1.27. The fourth-order valence-corrected chi connectivity index (χ4v) is 3.04. The van der Waals surface area contributed by atoms with Gasteiger partial charge in [0.05, 0.1) is 33.3 Å². The van der Waals surface area contributed by atoms with Crippen molar-refractivity contribution >= 4 is 43.5 Å². The number of nitrogens with zero attached hydrogens (tertiary/aromatic N) is 2. The molecule has 20 heavy (non-hydrogen) atoms. The van der Waals surface area contributed by atoms with Gasteiger partial charge < -0.3 is 10.7 Å². The molecule has 2 heterocycles. The Balaban J connectivity index is 1.86. The second kappa shape index (κ2) is 5.34. The number of hydrogen-bond acceptors (Lipinski definition) is 4. The Morgan fingerprint density at radius 3 is 2.90 bits per heavy atom. The van der Waals surface area contributed by atoms with Gasteiger partial charge in [0.1, 0.15) is 0 Å². The molecular formula is C13H11BrN4OS. The van der Waals surface area contributed by atoms with Crippen molar-refractivity contribution in [3.63, 3.8) is 0 Å². The van der Waals surface area contributed by atoms with Crippen molar-refractivity contribution in [3.8, 4) is 0 Å². The fraction of sp³-hybridized carbons (Fsp3) is 0.0769. The van der Waals surface area contributed by atoms with Crippen LogP contribution in [-0.2, 0) is 16.6 Å². The number of H-pyrrole nitrogens is 1. The highest BCUT2D eigenvalue weighted by Gasteiger charge is 2.11. The minimum atomic E-state index is -1.27. The molecule has 1 atom stereocenters. The van der Waals surface area contributed by atoms with Gasteiger partial charge in [-0.25, -0.2) is 4.98 Å². The number of pyridine rings is 1. The Kier molecular flexibility index (Phi) is 3.54. The third-order valence-electron chi connectivity index (χ3n) is 2.77. The molecule has 0 saturated heterocycles. The summed E-state index contributed by atoms with van der Waals surface area (Å²) in [6.45, 7) is 0. The van der Waals surface area contributed by atoms with Crippen LogP contribution in [0.15, 0.2) is 46.2 Å². The predicted molar refractivity (Wildman–Crippen MR) is 82.6 cm³/mol. The summed E-state index contributed by atoms with van der Waals surface area (Å²) < 4.78 is 13.2. The number of aromatic amines is 1. The molecule has 0 saturated carbocycles. The number of fused-ring (bicyclic) bond motifs is 1. The number of nitrogen functional groups attached to an aromatic ring is 1. The molecule has 7 heteroatoms. The van der Waals surface area contributed by atoms with E-state index < -0.39 is 10.8 Å². The number of halogens is 1. The third-order valence-corrected chi connectivity index (χ3v) is 4.42. The molecule has 0 aliphatic rings.